The third kappa shape index (κ3) is 5.60. The maximum Gasteiger partial charge on any atom is 0.327 e. The van der Waals surface area contributed by atoms with Crippen LogP contribution in [0.5, 0.6) is 0 Å². The second kappa shape index (κ2) is 11.9. The largest absolute Gasteiger partial charge is 0.349 e. The maximum absolute atomic E-state index is 13.7. The number of halogens is 3. The molecule has 7 nitrogen and oxygen atoms in total. The zero-order chi connectivity index (χ0) is 27.9. The quantitative estimate of drug-likeness (QED) is 0.410. The molecule has 3 heterocycles. The summed E-state index contributed by atoms with van der Waals surface area (Å²) >= 11 is 0. The Morgan fingerprint density at radius 1 is 1.02 bits per heavy atom. The average molecular weight is 581 g/mol. The maximum atomic E-state index is 13.7. The minimum absolute atomic E-state index is 0. The Balaban J connectivity index is 0.00000370. The lowest BCUT2D eigenvalue weighted by Gasteiger charge is -2.47. The summed E-state index contributed by atoms with van der Waals surface area (Å²) in [7, 11) is 0. The summed E-state index contributed by atoms with van der Waals surface area (Å²) in [6.07, 6.45) is 3.93. The van der Waals surface area contributed by atoms with Crippen molar-refractivity contribution in [1.29, 1.82) is 0 Å². The molecule has 10 heteroatoms. The number of urea groups is 1. The molecule has 5 rings (SSSR count). The van der Waals surface area contributed by atoms with Gasteiger partial charge in [-0.15, -0.1) is 12.4 Å². The number of hydrogen-bond donors (Lipinski definition) is 1. The summed E-state index contributed by atoms with van der Waals surface area (Å²) in [5.74, 6) is -3.22. The van der Waals surface area contributed by atoms with Gasteiger partial charge < -0.3 is 10.2 Å². The molecule has 1 aromatic carbocycles. The molecule has 1 aliphatic carbocycles. The SMILES string of the molecule is CCN1C(=O)N(C(C)C)C(=O)C12CC1CCC(C2)N1CC[C@H](NC(=O)C1CCC(F)(F)CC1)c1ccccc1.Cl. The number of fused-ring (bicyclic) bond motifs is 2. The van der Waals surface area contributed by atoms with Crippen molar-refractivity contribution in [2.24, 2.45) is 5.92 Å². The molecule has 4 amide bonds. The topological polar surface area (TPSA) is 73.0 Å². The van der Waals surface area contributed by atoms with Crippen molar-refractivity contribution >= 4 is 30.3 Å². The lowest BCUT2D eigenvalue weighted by atomic mass is 9.81. The van der Waals surface area contributed by atoms with Crippen LogP contribution in [0.15, 0.2) is 30.3 Å². The van der Waals surface area contributed by atoms with Crippen LogP contribution in [0.3, 0.4) is 0 Å². The molecular weight excluding hydrogens is 538 g/mol. The van der Waals surface area contributed by atoms with E-state index in [1.165, 1.54) is 4.90 Å². The first-order valence-electron chi connectivity index (χ1n) is 14.7. The highest BCUT2D eigenvalue weighted by Crippen LogP contribution is 2.48. The van der Waals surface area contributed by atoms with Crippen LogP contribution < -0.4 is 5.32 Å². The molecule has 40 heavy (non-hydrogen) atoms. The molecule has 2 bridgehead atoms. The zero-order valence-electron chi connectivity index (χ0n) is 23.8. The van der Waals surface area contributed by atoms with Gasteiger partial charge in [0.1, 0.15) is 5.54 Å². The third-order valence-corrected chi connectivity index (χ3v) is 9.60. The second-order valence-electron chi connectivity index (χ2n) is 12.2. The summed E-state index contributed by atoms with van der Waals surface area (Å²) in [5.41, 5.74) is 0.253. The van der Waals surface area contributed by atoms with E-state index < -0.39 is 11.5 Å². The molecule has 1 saturated carbocycles. The molecule has 3 atom stereocenters. The molecule has 0 radical (unpaired) electrons. The van der Waals surface area contributed by atoms with Gasteiger partial charge in [0.2, 0.25) is 11.8 Å². The number of rotatable bonds is 8. The normalized spacial score (nSPS) is 29.2. The lowest BCUT2D eigenvalue weighted by molar-refractivity contribution is -0.138. The molecule has 2 unspecified atom stereocenters. The Kier molecular flexibility index (Phi) is 9.15. The van der Waals surface area contributed by atoms with E-state index in [4.69, 9.17) is 0 Å². The highest BCUT2D eigenvalue weighted by Gasteiger charge is 2.62. The standard InChI is InChI=1S/C30H42F2N4O3.ClH/c1-4-35-28(39)36(20(2)3)27(38)29(35)18-23-10-11-24(19-29)34(23)17-14-25(21-8-6-5-7-9-21)33-26(37)22-12-15-30(31,32)16-13-22;/h5-9,20,22-25H,4,10-19H2,1-3H3,(H,33,37);1H/t23?,24?,25-,29?;/m0./s1. The molecule has 1 aromatic rings. The number of carbonyl (C=O) groups is 3. The Morgan fingerprint density at radius 2 is 1.62 bits per heavy atom. The van der Waals surface area contributed by atoms with Gasteiger partial charge in [0.25, 0.3) is 5.91 Å². The monoisotopic (exact) mass is 580 g/mol. The first-order valence-corrected chi connectivity index (χ1v) is 14.7. The van der Waals surface area contributed by atoms with E-state index in [-0.39, 0.29) is 86.0 Å². The zero-order valence-corrected chi connectivity index (χ0v) is 24.6. The summed E-state index contributed by atoms with van der Waals surface area (Å²) in [6.45, 7) is 7.01. The van der Waals surface area contributed by atoms with E-state index in [2.05, 4.69) is 10.2 Å². The molecule has 222 valence electrons. The highest BCUT2D eigenvalue weighted by atomic mass is 35.5. The predicted octanol–water partition coefficient (Wildman–Crippen LogP) is 5.54. The predicted molar refractivity (Wildman–Crippen MR) is 151 cm³/mol. The summed E-state index contributed by atoms with van der Waals surface area (Å²) in [4.78, 5) is 45.7. The van der Waals surface area contributed by atoms with Gasteiger partial charge in [-0.1, -0.05) is 30.3 Å². The van der Waals surface area contributed by atoms with Crippen LogP contribution in [-0.4, -0.2) is 75.2 Å². The minimum atomic E-state index is -2.66. The lowest BCUT2D eigenvalue weighted by Crippen LogP contribution is -2.60. The molecule has 3 saturated heterocycles. The highest BCUT2D eigenvalue weighted by molar-refractivity contribution is 6.07. The molecular formula is C30H43ClF2N4O3. The molecule has 0 aromatic heterocycles. The second-order valence-corrected chi connectivity index (χ2v) is 12.2. The fourth-order valence-electron chi connectivity index (χ4n) is 7.59. The summed E-state index contributed by atoms with van der Waals surface area (Å²) < 4.78 is 27.3. The van der Waals surface area contributed by atoms with Crippen molar-refractivity contribution < 1.29 is 23.2 Å². The van der Waals surface area contributed by atoms with Crippen molar-refractivity contribution in [1.82, 2.24) is 20.0 Å². The summed E-state index contributed by atoms with van der Waals surface area (Å²) in [6, 6.07) is 9.70. The first-order chi connectivity index (χ1) is 18.6. The minimum Gasteiger partial charge on any atom is -0.349 e. The molecule has 3 aliphatic heterocycles. The first kappa shape index (κ1) is 30.7. The van der Waals surface area contributed by atoms with Crippen molar-refractivity contribution in [3.63, 3.8) is 0 Å². The van der Waals surface area contributed by atoms with Gasteiger partial charge in [0, 0.05) is 50.0 Å². The van der Waals surface area contributed by atoms with Gasteiger partial charge >= 0.3 is 6.03 Å². The van der Waals surface area contributed by atoms with Crippen LogP contribution in [0.25, 0.3) is 0 Å². The number of likely N-dealkylation sites (N-methyl/N-ethyl adjacent to an activating group) is 1. The number of nitrogens with one attached hydrogen (secondary N) is 1. The molecule has 1 spiro atoms. The van der Waals surface area contributed by atoms with E-state index in [0.717, 1.165) is 24.9 Å². The van der Waals surface area contributed by atoms with E-state index >= 15 is 0 Å². The van der Waals surface area contributed by atoms with Crippen LogP contribution in [0.2, 0.25) is 0 Å². The van der Waals surface area contributed by atoms with Crippen molar-refractivity contribution in [2.75, 3.05) is 13.1 Å². The molecule has 4 fully saturated rings. The smallest absolute Gasteiger partial charge is 0.327 e. The number of hydrogen-bond acceptors (Lipinski definition) is 4. The Bertz CT molecular complexity index is 1060. The van der Waals surface area contributed by atoms with Crippen LogP contribution in [0.1, 0.15) is 90.2 Å². The van der Waals surface area contributed by atoms with Crippen LogP contribution >= 0.6 is 12.4 Å². The van der Waals surface area contributed by atoms with E-state index in [0.29, 0.717) is 25.8 Å². The number of imide groups is 1. The van der Waals surface area contributed by atoms with Gasteiger partial charge in [-0.3, -0.25) is 19.4 Å². The van der Waals surface area contributed by atoms with Gasteiger partial charge in [0.05, 0.1) is 6.04 Å². The summed E-state index contributed by atoms with van der Waals surface area (Å²) in [5, 5.41) is 3.19. The van der Waals surface area contributed by atoms with Gasteiger partial charge in [-0.05, 0) is 71.3 Å². The van der Waals surface area contributed by atoms with Crippen LogP contribution in [0, 0.1) is 5.92 Å². The Morgan fingerprint density at radius 3 is 2.17 bits per heavy atom. The Hall–Kier alpha value is -2.26. The van der Waals surface area contributed by atoms with Crippen molar-refractivity contribution in [3.05, 3.63) is 35.9 Å². The Labute approximate surface area is 242 Å². The van der Waals surface area contributed by atoms with E-state index in [1.807, 2.05) is 51.1 Å². The van der Waals surface area contributed by atoms with Gasteiger partial charge in [-0.2, -0.15) is 0 Å². The van der Waals surface area contributed by atoms with Crippen molar-refractivity contribution in [3.8, 4) is 0 Å². The van der Waals surface area contributed by atoms with E-state index in [1.54, 1.807) is 4.90 Å². The molecule has 4 aliphatic rings. The van der Waals surface area contributed by atoms with Gasteiger partial charge in [0.15, 0.2) is 0 Å². The molecule has 1 N–H and O–H groups in total. The van der Waals surface area contributed by atoms with E-state index in [9.17, 15) is 23.2 Å². The number of alkyl halides is 2. The number of carbonyl (C=O) groups excluding carboxylic acids is 3. The van der Waals surface area contributed by atoms with Crippen molar-refractivity contribution in [2.45, 2.75) is 114 Å². The average Bonchev–Trinajstić information content (AvgIpc) is 3.26. The fraction of sp³-hybridized carbons (Fsp3) is 0.700. The van der Waals surface area contributed by atoms with Gasteiger partial charge in [-0.25, -0.2) is 13.6 Å². The number of benzene rings is 1. The fourth-order valence-corrected chi connectivity index (χ4v) is 7.59. The number of amides is 4. The third-order valence-electron chi connectivity index (χ3n) is 9.60. The number of nitrogens with zero attached hydrogens (tertiary/aromatic N) is 3. The number of piperidine rings is 1. The van der Waals surface area contributed by atoms with Crippen LogP contribution in [0.4, 0.5) is 13.6 Å². The van der Waals surface area contributed by atoms with Crippen LogP contribution in [-0.2, 0) is 9.59 Å².